The lowest BCUT2D eigenvalue weighted by atomic mass is 9.99. The molecule has 1 aliphatic rings. The highest BCUT2D eigenvalue weighted by Crippen LogP contribution is 2.39. The van der Waals surface area contributed by atoms with E-state index in [0.29, 0.717) is 29.3 Å². The number of pyridine rings is 2. The van der Waals surface area contributed by atoms with Gasteiger partial charge in [-0.1, -0.05) is 29.8 Å². The Morgan fingerprint density at radius 2 is 1.93 bits per heavy atom. The second-order valence-electron chi connectivity index (χ2n) is 12.6. The Hall–Kier alpha value is -4.83. The fourth-order valence-corrected chi connectivity index (χ4v) is 6.16. The van der Waals surface area contributed by atoms with Gasteiger partial charge in [0.25, 0.3) is 5.91 Å². The van der Waals surface area contributed by atoms with E-state index >= 15 is 0 Å². The predicted molar refractivity (Wildman–Crippen MR) is 184 cm³/mol. The minimum atomic E-state index is -0.577. The molecule has 0 bridgehead atoms. The molecular weight excluding hydrogens is 602 g/mol. The normalized spacial score (nSPS) is 15.2. The Morgan fingerprint density at radius 3 is 2.72 bits per heavy atom. The van der Waals surface area contributed by atoms with E-state index in [4.69, 9.17) is 21.3 Å². The van der Waals surface area contributed by atoms with Gasteiger partial charge in [-0.05, 0) is 75.1 Å². The van der Waals surface area contributed by atoms with E-state index in [-0.39, 0.29) is 11.9 Å². The Morgan fingerprint density at radius 1 is 1.09 bits per heavy atom. The summed E-state index contributed by atoms with van der Waals surface area (Å²) in [6.07, 6.45) is 6.70. The van der Waals surface area contributed by atoms with Crippen molar-refractivity contribution in [3.05, 3.63) is 83.3 Å². The first-order chi connectivity index (χ1) is 22.1. The van der Waals surface area contributed by atoms with Gasteiger partial charge in [0.1, 0.15) is 11.2 Å². The van der Waals surface area contributed by atoms with E-state index in [1.54, 1.807) is 13.2 Å². The molecular formula is C35H38ClN7O3. The number of nitrogens with one attached hydrogen (secondary N) is 4. The number of hydrogen-bond acceptors (Lipinski definition) is 7. The summed E-state index contributed by atoms with van der Waals surface area (Å²) >= 11 is 6.28. The van der Waals surface area contributed by atoms with Crippen LogP contribution in [0.5, 0.6) is 0 Å². The number of alkyl carbamates (subject to hydrolysis) is 1. The average molecular weight is 640 g/mol. The third-order valence-electron chi connectivity index (χ3n) is 8.00. The van der Waals surface area contributed by atoms with Gasteiger partial charge < -0.3 is 30.6 Å². The molecule has 0 spiro atoms. The van der Waals surface area contributed by atoms with Crippen molar-refractivity contribution in [2.75, 3.05) is 30.4 Å². The van der Waals surface area contributed by atoms with Gasteiger partial charge in [-0.25, -0.2) is 9.78 Å². The molecule has 0 aliphatic carbocycles. The maximum absolute atomic E-state index is 12.7. The van der Waals surface area contributed by atoms with E-state index in [1.165, 1.54) is 0 Å². The highest BCUT2D eigenvalue weighted by atomic mass is 35.5. The number of ether oxygens (including phenoxy) is 1. The topological polar surface area (TPSA) is 124 Å². The molecule has 1 aliphatic heterocycles. The summed E-state index contributed by atoms with van der Waals surface area (Å²) in [7, 11) is 1.61. The van der Waals surface area contributed by atoms with Crippen LogP contribution in [0.4, 0.5) is 16.2 Å². The number of amides is 2. The highest BCUT2D eigenvalue weighted by Gasteiger charge is 2.27. The van der Waals surface area contributed by atoms with Crippen molar-refractivity contribution in [2.24, 2.45) is 0 Å². The molecule has 11 heteroatoms. The zero-order valence-electron chi connectivity index (χ0n) is 26.4. The number of carbonyl (C=O) groups excluding carboxylic acids is 2. The molecule has 6 rings (SSSR count). The summed E-state index contributed by atoms with van der Waals surface area (Å²) in [5.74, 6) is -0.193. The van der Waals surface area contributed by atoms with Crippen LogP contribution < -0.4 is 20.9 Å². The van der Waals surface area contributed by atoms with E-state index in [0.717, 1.165) is 63.7 Å². The van der Waals surface area contributed by atoms with Crippen molar-refractivity contribution in [1.29, 1.82) is 0 Å². The van der Waals surface area contributed by atoms with Gasteiger partial charge in [-0.2, -0.15) is 0 Å². The number of aromatic amines is 1. The molecule has 10 nitrogen and oxygen atoms in total. The highest BCUT2D eigenvalue weighted by molar-refractivity contribution is 6.30. The SMILES string of the molecule is CNC(=O)c1cnc2[nH]cc(-c3ccc4ncc(NCc5cccc(Cl)c5)c(N5CCC[C@H](NC(=O)OC(C)(C)C)C5)c4c3)c2c1. The third-order valence-corrected chi connectivity index (χ3v) is 8.24. The van der Waals surface area contributed by atoms with Crippen LogP contribution in [-0.4, -0.2) is 58.7 Å². The Bertz CT molecular complexity index is 1920. The first-order valence-corrected chi connectivity index (χ1v) is 15.8. The Kier molecular flexibility index (Phi) is 8.73. The molecule has 238 valence electrons. The summed E-state index contributed by atoms with van der Waals surface area (Å²) in [5, 5.41) is 11.9. The monoisotopic (exact) mass is 639 g/mol. The summed E-state index contributed by atoms with van der Waals surface area (Å²) in [6.45, 7) is 7.57. The lowest BCUT2D eigenvalue weighted by Gasteiger charge is -2.36. The van der Waals surface area contributed by atoms with E-state index in [2.05, 4.69) is 36.9 Å². The molecule has 46 heavy (non-hydrogen) atoms. The molecule has 4 heterocycles. The zero-order valence-corrected chi connectivity index (χ0v) is 27.2. The zero-order chi connectivity index (χ0) is 32.4. The van der Waals surface area contributed by atoms with Crippen LogP contribution in [0.15, 0.2) is 67.1 Å². The predicted octanol–water partition coefficient (Wildman–Crippen LogP) is 6.90. The largest absolute Gasteiger partial charge is 0.444 e. The van der Waals surface area contributed by atoms with Gasteiger partial charge in [0.05, 0.1) is 28.7 Å². The molecule has 0 radical (unpaired) electrons. The molecule has 1 atom stereocenters. The number of H-pyrrole nitrogens is 1. The van der Waals surface area contributed by atoms with Crippen LogP contribution in [0.1, 0.15) is 49.5 Å². The molecule has 2 aromatic carbocycles. The van der Waals surface area contributed by atoms with Crippen molar-refractivity contribution >= 4 is 56.9 Å². The number of rotatable bonds is 7. The van der Waals surface area contributed by atoms with E-state index in [9.17, 15) is 9.59 Å². The molecule has 5 aromatic rings. The molecule has 3 aromatic heterocycles. The minimum absolute atomic E-state index is 0.0846. The molecule has 2 amide bonds. The molecule has 1 saturated heterocycles. The van der Waals surface area contributed by atoms with Crippen LogP contribution in [-0.2, 0) is 11.3 Å². The van der Waals surface area contributed by atoms with Crippen molar-refractivity contribution in [1.82, 2.24) is 25.6 Å². The standard InChI is InChI=1S/C35H38ClN7O3/c1-35(2,3)46-34(45)42-25-9-6-12-43(20-25)31-27-14-22(28-18-41-32-26(28)15-23(17-40-32)33(44)37-4)10-11-29(27)39-19-30(31)38-16-21-7-5-8-24(36)13-21/h5,7-8,10-11,13-15,17-19,25,38H,6,9,12,16,20H2,1-4H3,(H,37,44)(H,40,41)(H,42,45)/t25-/m0/s1. The van der Waals surface area contributed by atoms with E-state index in [1.807, 2.05) is 75.6 Å². The third kappa shape index (κ3) is 6.87. The summed E-state index contributed by atoms with van der Waals surface area (Å²) in [6, 6.07) is 15.7. The number of fused-ring (bicyclic) bond motifs is 2. The van der Waals surface area contributed by atoms with Crippen molar-refractivity contribution in [2.45, 2.75) is 51.8 Å². The minimum Gasteiger partial charge on any atom is -0.444 e. The fourth-order valence-electron chi connectivity index (χ4n) is 5.94. The van der Waals surface area contributed by atoms with Crippen molar-refractivity contribution < 1.29 is 14.3 Å². The number of anilines is 2. The Labute approximate surface area is 272 Å². The fraction of sp³-hybridized carbons (Fsp3) is 0.314. The summed E-state index contributed by atoms with van der Waals surface area (Å²) in [4.78, 5) is 39.9. The number of piperidine rings is 1. The quantitative estimate of drug-likeness (QED) is 0.153. The number of carbonyl (C=O) groups is 2. The van der Waals surface area contributed by atoms with Crippen LogP contribution in [0.3, 0.4) is 0 Å². The van der Waals surface area contributed by atoms with Crippen LogP contribution in [0.2, 0.25) is 5.02 Å². The summed E-state index contributed by atoms with van der Waals surface area (Å²) < 4.78 is 5.56. The smallest absolute Gasteiger partial charge is 0.407 e. The first-order valence-electron chi connectivity index (χ1n) is 15.4. The van der Waals surface area contributed by atoms with E-state index < -0.39 is 11.7 Å². The van der Waals surface area contributed by atoms with Crippen LogP contribution >= 0.6 is 11.6 Å². The number of benzene rings is 2. The van der Waals surface area contributed by atoms with Gasteiger partial charge in [-0.15, -0.1) is 0 Å². The van der Waals surface area contributed by atoms with Crippen molar-refractivity contribution in [3.8, 4) is 11.1 Å². The molecule has 1 fully saturated rings. The maximum atomic E-state index is 12.7. The number of aromatic nitrogens is 3. The number of hydrogen-bond donors (Lipinski definition) is 4. The van der Waals surface area contributed by atoms with Crippen LogP contribution in [0, 0.1) is 0 Å². The Balaban J connectivity index is 1.41. The van der Waals surface area contributed by atoms with Gasteiger partial charge in [0, 0.05) is 66.5 Å². The number of nitrogens with zero attached hydrogens (tertiary/aromatic N) is 3. The average Bonchev–Trinajstić information content (AvgIpc) is 3.45. The van der Waals surface area contributed by atoms with Gasteiger partial charge in [-0.3, -0.25) is 9.78 Å². The van der Waals surface area contributed by atoms with Gasteiger partial charge in [0.15, 0.2) is 0 Å². The number of halogens is 1. The molecule has 4 N–H and O–H groups in total. The van der Waals surface area contributed by atoms with Gasteiger partial charge >= 0.3 is 6.09 Å². The van der Waals surface area contributed by atoms with Gasteiger partial charge in [0.2, 0.25) is 0 Å². The lowest BCUT2D eigenvalue weighted by molar-refractivity contribution is 0.0500. The molecule has 0 unspecified atom stereocenters. The van der Waals surface area contributed by atoms with Crippen LogP contribution in [0.25, 0.3) is 33.1 Å². The van der Waals surface area contributed by atoms with Crippen molar-refractivity contribution in [3.63, 3.8) is 0 Å². The first kappa shape index (κ1) is 31.2. The molecule has 0 saturated carbocycles. The summed E-state index contributed by atoms with van der Waals surface area (Å²) in [5.41, 5.74) is 6.29. The maximum Gasteiger partial charge on any atom is 0.407 e. The second-order valence-corrected chi connectivity index (χ2v) is 13.0. The second kappa shape index (κ2) is 12.9. The lowest BCUT2D eigenvalue weighted by Crippen LogP contribution is -2.49.